The molecule has 0 unspecified atom stereocenters. The number of nitrogens with zero attached hydrogens (tertiary/aromatic N) is 5. The molecule has 2 aliphatic heterocycles. The zero-order valence-electron chi connectivity index (χ0n) is 31.1. The first kappa shape index (κ1) is 36.3. The number of imidazole rings is 1. The van der Waals surface area contributed by atoms with E-state index in [4.69, 9.17) is 9.15 Å². The number of carbonyl (C=O) groups excluding carboxylic acids is 2. The van der Waals surface area contributed by atoms with Gasteiger partial charge in [0.25, 0.3) is 5.91 Å². The fourth-order valence-electron chi connectivity index (χ4n) is 7.64. The molecule has 8 rings (SSSR count). The van der Waals surface area contributed by atoms with Crippen LogP contribution in [-0.2, 0) is 11.3 Å². The van der Waals surface area contributed by atoms with Gasteiger partial charge in [0.2, 0.25) is 11.3 Å². The molecule has 1 atom stereocenters. The zero-order chi connectivity index (χ0) is 38.1. The summed E-state index contributed by atoms with van der Waals surface area (Å²) in [7, 11) is 3.99. The monoisotopic (exact) mass is 748 g/mol. The van der Waals surface area contributed by atoms with Crippen LogP contribution in [0.3, 0.4) is 0 Å². The number of amides is 2. The summed E-state index contributed by atoms with van der Waals surface area (Å²) in [4.78, 5) is 48.4. The number of nitrogens with one attached hydrogen (secondary N) is 3. The molecule has 6 aromatic rings. The quantitative estimate of drug-likeness (QED) is 0.121. The number of pyridine rings is 1. The van der Waals surface area contributed by atoms with Gasteiger partial charge in [0.05, 0.1) is 17.4 Å². The molecular weight excluding hydrogens is 704 g/mol. The van der Waals surface area contributed by atoms with Crippen LogP contribution in [0.2, 0.25) is 0 Å². The van der Waals surface area contributed by atoms with Crippen molar-refractivity contribution in [2.24, 2.45) is 0 Å². The highest BCUT2D eigenvalue weighted by molar-refractivity contribution is 6.07. The van der Waals surface area contributed by atoms with Gasteiger partial charge >= 0.3 is 0 Å². The van der Waals surface area contributed by atoms with E-state index in [-0.39, 0.29) is 34.3 Å². The second kappa shape index (κ2) is 15.6. The van der Waals surface area contributed by atoms with Crippen LogP contribution in [0.15, 0.2) is 76.6 Å². The van der Waals surface area contributed by atoms with E-state index in [2.05, 4.69) is 25.8 Å². The number of ether oxygens (including phenoxy) is 1. The van der Waals surface area contributed by atoms with Crippen LogP contribution < -0.4 is 31.0 Å². The largest absolute Gasteiger partial charge is 0.456 e. The summed E-state index contributed by atoms with van der Waals surface area (Å²) >= 11 is 0. The van der Waals surface area contributed by atoms with Gasteiger partial charge in [-0.15, -0.1) is 0 Å². The van der Waals surface area contributed by atoms with Gasteiger partial charge < -0.3 is 44.0 Å². The number of anilines is 1. The van der Waals surface area contributed by atoms with Gasteiger partial charge in [-0.25, -0.2) is 9.37 Å². The van der Waals surface area contributed by atoms with Gasteiger partial charge in [0.15, 0.2) is 17.3 Å². The van der Waals surface area contributed by atoms with Crippen LogP contribution in [0.4, 0.5) is 10.1 Å². The Hall–Kier alpha value is -5.73. The zero-order valence-corrected chi connectivity index (χ0v) is 31.1. The Morgan fingerprint density at radius 1 is 1.02 bits per heavy atom. The number of rotatable bonds is 15. The fourth-order valence-corrected chi connectivity index (χ4v) is 7.64. The molecular formula is C41H45FN8O5. The summed E-state index contributed by atoms with van der Waals surface area (Å²) < 4.78 is 33.1. The number of furan rings is 1. The summed E-state index contributed by atoms with van der Waals surface area (Å²) in [6.45, 7) is 4.30. The van der Waals surface area contributed by atoms with Crippen molar-refractivity contribution in [3.63, 3.8) is 0 Å². The maximum absolute atomic E-state index is 16.5. The second-order valence-electron chi connectivity index (χ2n) is 14.6. The minimum atomic E-state index is -0.641. The molecule has 5 heterocycles. The molecule has 13 nitrogen and oxygen atoms in total. The third kappa shape index (κ3) is 7.39. The van der Waals surface area contributed by atoms with E-state index < -0.39 is 17.2 Å². The van der Waals surface area contributed by atoms with Crippen molar-refractivity contribution in [1.82, 2.24) is 35.0 Å². The Morgan fingerprint density at radius 3 is 2.73 bits per heavy atom. The van der Waals surface area contributed by atoms with Crippen LogP contribution in [0.1, 0.15) is 42.5 Å². The number of para-hydroxylation sites is 1. The molecule has 0 bridgehead atoms. The maximum Gasteiger partial charge on any atom is 0.256 e. The molecule has 1 fully saturated rings. The number of benzene rings is 3. The number of aromatic nitrogens is 3. The number of hydrogen-bond donors (Lipinski definition) is 3. The minimum Gasteiger partial charge on any atom is -0.456 e. The van der Waals surface area contributed by atoms with Gasteiger partial charge in [-0.2, -0.15) is 0 Å². The molecule has 0 saturated carbocycles. The molecule has 0 aliphatic carbocycles. The molecule has 3 aromatic heterocycles. The van der Waals surface area contributed by atoms with Crippen molar-refractivity contribution in [3.8, 4) is 17.2 Å². The first-order valence-electron chi connectivity index (χ1n) is 18.9. The Balaban J connectivity index is 1.06. The van der Waals surface area contributed by atoms with Crippen molar-refractivity contribution in [2.45, 2.75) is 44.7 Å². The summed E-state index contributed by atoms with van der Waals surface area (Å²) in [6, 6.07) is 12.4. The number of carbonyl (C=O) groups is 2. The Morgan fingerprint density at radius 2 is 1.89 bits per heavy atom. The lowest BCUT2D eigenvalue weighted by Gasteiger charge is -2.29. The molecule has 3 aromatic carbocycles. The highest BCUT2D eigenvalue weighted by Crippen LogP contribution is 2.49. The first-order chi connectivity index (χ1) is 26.7. The lowest BCUT2D eigenvalue weighted by atomic mass is 10.0. The van der Waals surface area contributed by atoms with Crippen LogP contribution in [0.25, 0.3) is 38.5 Å². The van der Waals surface area contributed by atoms with E-state index in [0.29, 0.717) is 67.1 Å². The average molecular weight is 749 g/mol. The molecule has 55 heavy (non-hydrogen) atoms. The number of aryl methyl sites for hydroxylation is 1. The number of unbranched alkanes of at least 4 members (excludes halogenated alkanes) is 1. The van der Waals surface area contributed by atoms with Crippen LogP contribution >= 0.6 is 0 Å². The molecule has 1 saturated heterocycles. The van der Waals surface area contributed by atoms with Gasteiger partial charge in [0, 0.05) is 80.6 Å². The van der Waals surface area contributed by atoms with Gasteiger partial charge in [-0.1, -0.05) is 18.2 Å². The molecule has 0 radical (unpaired) electrons. The molecule has 3 N–H and O–H groups in total. The van der Waals surface area contributed by atoms with E-state index >= 15 is 4.39 Å². The van der Waals surface area contributed by atoms with E-state index in [9.17, 15) is 14.4 Å². The van der Waals surface area contributed by atoms with E-state index in [1.54, 1.807) is 17.1 Å². The molecule has 2 amide bonds. The normalized spacial score (nSPS) is 14.9. The van der Waals surface area contributed by atoms with Gasteiger partial charge in [-0.3, -0.25) is 14.4 Å². The summed E-state index contributed by atoms with van der Waals surface area (Å²) in [5.74, 6) is -0.618. The number of halogens is 1. The van der Waals surface area contributed by atoms with Gasteiger partial charge in [0.1, 0.15) is 27.9 Å². The SMILES string of the molecule is CN(C)CCCCNC(=O)c1cn2c3c(c(N4CC[C@@H](NC(=O)CCNCCCn5ccnc5)C4)c(F)cc3c1=O)Oc1cc3c(cc1-2)oc1ccccc13. The third-order valence-electron chi connectivity index (χ3n) is 10.4. The molecule has 2 aliphatic rings. The summed E-state index contributed by atoms with van der Waals surface area (Å²) in [6.07, 6.45) is 10.5. The van der Waals surface area contributed by atoms with E-state index in [1.807, 2.05) is 66.2 Å². The van der Waals surface area contributed by atoms with Crippen molar-refractivity contribution >= 4 is 50.3 Å². The molecule has 286 valence electrons. The Bertz CT molecular complexity index is 2440. The third-order valence-corrected chi connectivity index (χ3v) is 10.4. The minimum absolute atomic E-state index is 0.0356. The Labute approximate surface area is 317 Å². The van der Waals surface area contributed by atoms with E-state index in [1.165, 1.54) is 12.3 Å². The first-order valence-corrected chi connectivity index (χ1v) is 18.9. The maximum atomic E-state index is 16.5. The van der Waals surface area contributed by atoms with Crippen molar-refractivity contribution < 1.29 is 23.1 Å². The van der Waals surface area contributed by atoms with Crippen LogP contribution in [-0.4, -0.2) is 90.2 Å². The predicted molar refractivity (Wildman–Crippen MR) is 210 cm³/mol. The number of fused-ring (bicyclic) bond motifs is 5. The van der Waals surface area contributed by atoms with E-state index in [0.717, 1.165) is 49.7 Å². The van der Waals surface area contributed by atoms with Gasteiger partial charge in [-0.05, 0) is 71.1 Å². The summed E-state index contributed by atoms with van der Waals surface area (Å²) in [5.41, 5.74) is 1.76. The average Bonchev–Trinajstić information content (AvgIpc) is 3.94. The lowest BCUT2D eigenvalue weighted by molar-refractivity contribution is -0.121. The second-order valence-corrected chi connectivity index (χ2v) is 14.6. The van der Waals surface area contributed by atoms with Crippen LogP contribution in [0, 0.1) is 5.82 Å². The smallest absolute Gasteiger partial charge is 0.256 e. The standard InChI is InChI=1S/C41H45FN8O5/c1-47(2)16-6-5-13-45-41(53)30-24-50-32-22-34-28(27-8-3-4-9-33(27)54-34)21-35(32)55-40-37(50)29(39(30)52)20-31(42)38(40)49-18-11-26(23-49)46-36(51)10-14-43-12-7-17-48-19-15-44-25-48/h3-4,8-9,15,19-22,24-26,43H,5-7,10-14,16-18,23H2,1-2H3,(H,45,53)(H,46,51)/t26-/m1/s1. The number of hydrogen-bond acceptors (Lipinski definition) is 9. The highest BCUT2D eigenvalue weighted by Gasteiger charge is 2.34. The highest BCUT2D eigenvalue weighted by atomic mass is 19.1. The lowest BCUT2D eigenvalue weighted by Crippen LogP contribution is -2.38. The fraction of sp³-hybridized carbons (Fsp3) is 0.366. The topological polar surface area (TPSA) is 139 Å². The predicted octanol–water partition coefficient (Wildman–Crippen LogP) is 5.17. The molecule has 0 spiro atoms. The van der Waals surface area contributed by atoms with Crippen molar-refractivity contribution in [1.29, 1.82) is 0 Å². The molecule has 14 heteroatoms. The Kier molecular flexibility index (Phi) is 10.3. The van der Waals surface area contributed by atoms with Crippen LogP contribution in [0.5, 0.6) is 11.5 Å². The summed E-state index contributed by atoms with van der Waals surface area (Å²) in [5, 5.41) is 11.1. The van der Waals surface area contributed by atoms with Crippen molar-refractivity contribution in [3.05, 3.63) is 89.0 Å². The van der Waals surface area contributed by atoms with Crippen molar-refractivity contribution in [2.75, 3.05) is 58.3 Å².